The molecule has 6 heteroatoms. The van der Waals surface area contributed by atoms with Crippen molar-refractivity contribution in [3.8, 4) is 22.3 Å². The van der Waals surface area contributed by atoms with Crippen LogP contribution < -0.4 is 0 Å². The summed E-state index contributed by atoms with van der Waals surface area (Å²) in [6.45, 7) is 1.71. The molecule has 4 nitrogen and oxygen atoms in total. The summed E-state index contributed by atoms with van der Waals surface area (Å²) in [6.07, 6.45) is -0.940. The number of halogens is 2. The number of likely N-dealkylation sites (tertiary alicyclic amines) is 1. The Morgan fingerprint density at radius 1 is 0.906 bits per heavy atom. The minimum Gasteiger partial charge on any atom is -0.452 e. The van der Waals surface area contributed by atoms with E-state index < -0.39 is 6.17 Å². The molecule has 1 amide bonds. The molecular weight excluding hydrogens is 412 g/mol. The van der Waals surface area contributed by atoms with Crippen LogP contribution in [0.3, 0.4) is 0 Å². The number of rotatable bonds is 4. The molecule has 1 aliphatic heterocycles. The number of hydrogen-bond acceptors (Lipinski definition) is 3. The maximum Gasteiger partial charge on any atom is 0.254 e. The molecule has 2 heterocycles. The van der Waals surface area contributed by atoms with Gasteiger partial charge in [-0.25, -0.2) is 8.78 Å². The van der Waals surface area contributed by atoms with Gasteiger partial charge in [-0.3, -0.25) is 9.59 Å². The van der Waals surface area contributed by atoms with Crippen LogP contribution in [0.1, 0.15) is 27.8 Å². The van der Waals surface area contributed by atoms with Crippen LogP contribution in [0.25, 0.3) is 33.2 Å². The summed E-state index contributed by atoms with van der Waals surface area (Å²) >= 11 is 0. The first kappa shape index (κ1) is 20.1. The predicted octanol–water partition coefficient (Wildman–Crippen LogP) is 5.90. The average Bonchev–Trinajstić information content (AvgIpc) is 3.21. The van der Waals surface area contributed by atoms with Crippen LogP contribution in [0, 0.1) is 5.82 Å². The van der Waals surface area contributed by atoms with E-state index in [-0.39, 0.29) is 36.4 Å². The topological polar surface area (TPSA) is 50.5 Å². The summed E-state index contributed by atoms with van der Waals surface area (Å²) in [5.74, 6) is -0.459. The summed E-state index contributed by atoms with van der Waals surface area (Å²) in [5.41, 5.74) is 4.27. The zero-order chi connectivity index (χ0) is 22.4. The van der Waals surface area contributed by atoms with Gasteiger partial charge in [0.25, 0.3) is 5.91 Å². The van der Waals surface area contributed by atoms with Gasteiger partial charge in [0.05, 0.1) is 13.1 Å². The van der Waals surface area contributed by atoms with Crippen LogP contribution in [0.2, 0.25) is 0 Å². The Morgan fingerprint density at radius 2 is 1.56 bits per heavy atom. The Bertz CT molecular complexity index is 1330. The maximum absolute atomic E-state index is 13.5. The lowest BCUT2D eigenvalue weighted by atomic mass is 9.96. The van der Waals surface area contributed by atoms with E-state index in [0.29, 0.717) is 11.1 Å². The molecule has 0 spiro atoms. The maximum atomic E-state index is 13.5. The van der Waals surface area contributed by atoms with Crippen LogP contribution in [0.5, 0.6) is 0 Å². The predicted molar refractivity (Wildman–Crippen MR) is 118 cm³/mol. The molecule has 160 valence electrons. The van der Waals surface area contributed by atoms with Gasteiger partial charge < -0.3 is 9.32 Å². The highest BCUT2D eigenvalue weighted by atomic mass is 19.1. The highest BCUT2D eigenvalue weighted by Crippen LogP contribution is 2.36. The van der Waals surface area contributed by atoms with Crippen molar-refractivity contribution in [2.24, 2.45) is 0 Å². The minimum absolute atomic E-state index is 0.136. The van der Waals surface area contributed by atoms with Crippen LogP contribution in [0.15, 0.2) is 71.1 Å². The number of hydrogen-bond donors (Lipinski definition) is 0. The normalized spacial score (nSPS) is 13.9. The van der Waals surface area contributed by atoms with Crippen molar-refractivity contribution in [1.82, 2.24) is 4.90 Å². The fourth-order valence-corrected chi connectivity index (χ4v) is 3.92. The van der Waals surface area contributed by atoms with Gasteiger partial charge in [0.2, 0.25) is 0 Å². The molecule has 0 aliphatic carbocycles. The molecule has 0 atom stereocenters. The fraction of sp³-hybridized carbons (Fsp3) is 0.154. The lowest BCUT2D eigenvalue weighted by Gasteiger charge is -2.34. The molecule has 5 rings (SSSR count). The van der Waals surface area contributed by atoms with Crippen LogP contribution >= 0.6 is 0 Å². The second kappa shape index (κ2) is 7.71. The summed E-state index contributed by atoms with van der Waals surface area (Å²) in [4.78, 5) is 25.8. The van der Waals surface area contributed by atoms with Gasteiger partial charge in [-0.15, -0.1) is 0 Å². The molecular formula is C26H19F2NO3. The number of furan rings is 1. The number of benzene rings is 3. The number of fused-ring (bicyclic) bond motifs is 1. The van der Waals surface area contributed by atoms with Crippen molar-refractivity contribution in [1.29, 1.82) is 0 Å². The number of carbonyl (C=O) groups excluding carboxylic acids is 2. The van der Waals surface area contributed by atoms with E-state index >= 15 is 0 Å². The fourth-order valence-electron chi connectivity index (χ4n) is 3.92. The van der Waals surface area contributed by atoms with Gasteiger partial charge >= 0.3 is 0 Å². The molecule has 3 aromatic carbocycles. The van der Waals surface area contributed by atoms with Crippen LogP contribution in [-0.4, -0.2) is 35.9 Å². The van der Waals surface area contributed by atoms with Crippen LogP contribution in [-0.2, 0) is 0 Å². The van der Waals surface area contributed by atoms with E-state index in [4.69, 9.17) is 4.42 Å². The monoisotopic (exact) mass is 431 g/mol. The Hall–Kier alpha value is -3.80. The molecule has 4 aromatic rings. The van der Waals surface area contributed by atoms with E-state index in [9.17, 15) is 18.4 Å². The average molecular weight is 431 g/mol. The van der Waals surface area contributed by atoms with Gasteiger partial charge in [0.15, 0.2) is 11.5 Å². The summed E-state index contributed by atoms with van der Waals surface area (Å²) < 4.78 is 32.3. The highest BCUT2D eigenvalue weighted by molar-refractivity contribution is 6.02. The van der Waals surface area contributed by atoms with Crippen molar-refractivity contribution in [3.63, 3.8) is 0 Å². The Labute approximate surface area is 183 Å². The van der Waals surface area contributed by atoms with Crippen molar-refractivity contribution >= 4 is 22.7 Å². The second-order valence-electron chi connectivity index (χ2n) is 8.00. The first-order valence-electron chi connectivity index (χ1n) is 10.3. The summed E-state index contributed by atoms with van der Waals surface area (Å²) in [7, 11) is 0. The molecule has 1 fully saturated rings. The van der Waals surface area contributed by atoms with Crippen molar-refractivity contribution in [3.05, 3.63) is 83.9 Å². The van der Waals surface area contributed by atoms with Crippen molar-refractivity contribution in [2.75, 3.05) is 13.1 Å². The van der Waals surface area contributed by atoms with E-state index in [0.717, 1.165) is 27.6 Å². The number of carbonyl (C=O) groups is 2. The molecule has 1 saturated heterocycles. The molecule has 32 heavy (non-hydrogen) atoms. The minimum atomic E-state index is -0.940. The van der Waals surface area contributed by atoms with E-state index in [2.05, 4.69) is 0 Å². The number of ketones is 1. The molecule has 1 aromatic heterocycles. The number of Topliss-reactive ketones (excluding diaryl/α,β-unsaturated/α-hetero) is 1. The van der Waals surface area contributed by atoms with Crippen molar-refractivity contribution in [2.45, 2.75) is 13.1 Å². The molecule has 0 radical (unpaired) electrons. The molecule has 0 bridgehead atoms. The number of alkyl halides is 1. The molecule has 0 N–H and O–H groups in total. The smallest absolute Gasteiger partial charge is 0.254 e. The quantitative estimate of drug-likeness (QED) is 0.378. The summed E-state index contributed by atoms with van der Waals surface area (Å²) in [5, 5.41) is 0.752. The first-order chi connectivity index (χ1) is 15.4. The Morgan fingerprint density at radius 3 is 2.19 bits per heavy atom. The number of amides is 1. The third kappa shape index (κ3) is 3.58. The zero-order valence-corrected chi connectivity index (χ0v) is 17.3. The van der Waals surface area contributed by atoms with Gasteiger partial charge in [-0.1, -0.05) is 24.3 Å². The Kier molecular flexibility index (Phi) is 4.85. The Balaban J connectivity index is 1.57. The first-order valence-corrected chi connectivity index (χ1v) is 10.3. The van der Waals surface area contributed by atoms with Gasteiger partial charge in [0, 0.05) is 23.4 Å². The van der Waals surface area contributed by atoms with E-state index in [1.165, 1.54) is 24.0 Å². The third-order valence-electron chi connectivity index (χ3n) is 5.71. The lowest BCUT2D eigenvalue weighted by molar-refractivity contribution is 0.0400. The van der Waals surface area contributed by atoms with Crippen LogP contribution in [0.4, 0.5) is 8.78 Å². The van der Waals surface area contributed by atoms with Gasteiger partial charge in [-0.2, -0.15) is 0 Å². The second-order valence-corrected chi connectivity index (χ2v) is 8.00. The standard InChI is InChI=1S/C26H19F2NO3/c1-15(30)24-12-20-10-19(11-23(25(20)32-24)17-6-8-21(27)9-7-17)16-2-4-18(5-3-16)26(31)29-13-22(28)14-29/h2-12,22H,13-14H2,1H3. The van der Waals surface area contributed by atoms with E-state index in [1.807, 2.05) is 24.3 Å². The molecule has 0 saturated carbocycles. The SMILES string of the molecule is CC(=O)c1cc2cc(-c3ccc(C(=O)N4CC(F)C4)cc3)cc(-c3ccc(F)cc3)c2o1. The van der Waals surface area contributed by atoms with Crippen molar-refractivity contribution < 1.29 is 22.8 Å². The summed E-state index contributed by atoms with van der Waals surface area (Å²) in [6, 6.07) is 18.7. The van der Waals surface area contributed by atoms with Gasteiger partial charge in [0.1, 0.15) is 17.6 Å². The zero-order valence-electron chi connectivity index (χ0n) is 17.3. The number of nitrogens with zero attached hydrogens (tertiary/aromatic N) is 1. The highest BCUT2D eigenvalue weighted by Gasteiger charge is 2.30. The third-order valence-corrected chi connectivity index (χ3v) is 5.71. The van der Waals surface area contributed by atoms with E-state index in [1.54, 1.807) is 30.3 Å². The largest absolute Gasteiger partial charge is 0.452 e. The molecule has 0 unspecified atom stereocenters. The molecule has 1 aliphatic rings. The lowest BCUT2D eigenvalue weighted by Crippen LogP contribution is -2.51. The van der Waals surface area contributed by atoms with Gasteiger partial charge in [-0.05, 0) is 59.2 Å².